The van der Waals surface area contributed by atoms with Crippen molar-refractivity contribution in [2.24, 2.45) is 5.92 Å². The molecule has 0 bridgehead atoms. The van der Waals surface area contributed by atoms with Gasteiger partial charge in [0.1, 0.15) is 5.69 Å². The van der Waals surface area contributed by atoms with Crippen LogP contribution in [0.1, 0.15) is 30.1 Å². The molecule has 31 heavy (non-hydrogen) atoms. The topological polar surface area (TPSA) is 102 Å². The highest BCUT2D eigenvalue weighted by atomic mass is 35.5. The lowest BCUT2D eigenvalue weighted by Gasteiger charge is -2.32. The van der Waals surface area contributed by atoms with E-state index in [9.17, 15) is 19.7 Å². The minimum Gasteiger partial charge on any atom is -0.452 e. The molecule has 1 fully saturated rings. The fourth-order valence-corrected chi connectivity index (χ4v) is 3.97. The van der Waals surface area contributed by atoms with Gasteiger partial charge in [0.05, 0.1) is 26.2 Å². The van der Waals surface area contributed by atoms with Crippen molar-refractivity contribution in [3.05, 3.63) is 62.1 Å². The van der Waals surface area contributed by atoms with Gasteiger partial charge in [-0.05, 0) is 43.0 Å². The highest BCUT2D eigenvalue weighted by molar-refractivity contribution is 6.39. The number of amides is 1. The molecule has 0 aliphatic carbocycles. The van der Waals surface area contributed by atoms with Crippen molar-refractivity contribution in [2.45, 2.75) is 19.8 Å². The molecule has 1 atom stereocenters. The Labute approximate surface area is 189 Å². The van der Waals surface area contributed by atoms with Crippen molar-refractivity contribution in [2.75, 3.05) is 29.9 Å². The monoisotopic (exact) mass is 465 g/mol. The summed E-state index contributed by atoms with van der Waals surface area (Å²) in [6.45, 7) is 2.94. The maximum Gasteiger partial charge on any atom is 0.338 e. The van der Waals surface area contributed by atoms with E-state index in [4.69, 9.17) is 27.9 Å². The second kappa shape index (κ2) is 9.98. The van der Waals surface area contributed by atoms with E-state index in [1.54, 1.807) is 24.3 Å². The van der Waals surface area contributed by atoms with E-state index < -0.39 is 23.4 Å². The molecule has 2 aromatic carbocycles. The standard InChI is InChI=1S/C21H21Cl2N3O5/c1-13-4-3-9-25(11-13)17-8-7-14(10-18(17)26(29)30)21(28)31-12-19(27)24-20-15(22)5-2-6-16(20)23/h2,5-8,10,13H,3-4,9,11-12H2,1H3,(H,24,27). The van der Waals surface area contributed by atoms with Gasteiger partial charge in [-0.1, -0.05) is 36.2 Å². The molecule has 1 aliphatic heterocycles. The van der Waals surface area contributed by atoms with Gasteiger partial charge >= 0.3 is 5.97 Å². The largest absolute Gasteiger partial charge is 0.452 e. The molecule has 1 unspecified atom stereocenters. The maximum atomic E-state index is 12.4. The van der Waals surface area contributed by atoms with E-state index in [1.165, 1.54) is 12.1 Å². The number of esters is 1. The van der Waals surface area contributed by atoms with Crippen molar-refractivity contribution in [3.63, 3.8) is 0 Å². The lowest BCUT2D eigenvalue weighted by Crippen LogP contribution is -2.34. The number of hydrogen-bond donors (Lipinski definition) is 1. The number of para-hydroxylation sites is 1. The molecule has 0 saturated carbocycles. The Morgan fingerprint density at radius 3 is 2.61 bits per heavy atom. The summed E-state index contributed by atoms with van der Waals surface area (Å²) in [6.07, 6.45) is 2.03. The number of nitrogens with zero attached hydrogens (tertiary/aromatic N) is 2. The average molecular weight is 466 g/mol. The number of nitro groups is 1. The third kappa shape index (κ3) is 5.65. The SMILES string of the molecule is CC1CCCN(c2ccc(C(=O)OCC(=O)Nc3c(Cl)cccc3Cl)cc2[N+](=O)[O-])C1. The third-order valence-corrected chi connectivity index (χ3v) is 5.60. The number of carbonyl (C=O) groups excluding carboxylic acids is 2. The van der Waals surface area contributed by atoms with Crippen LogP contribution in [0.25, 0.3) is 0 Å². The van der Waals surface area contributed by atoms with Gasteiger partial charge in [-0.2, -0.15) is 0 Å². The highest BCUT2D eigenvalue weighted by Crippen LogP contribution is 2.33. The van der Waals surface area contributed by atoms with Crippen LogP contribution in [0.2, 0.25) is 10.0 Å². The van der Waals surface area contributed by atoms with Gasteiger partial charge in [-0.25, -0.2) is 4.79 Å². The summed E-state index contributed by atoms with van der Waals surface area (Å²) in [7, 11) is 0. The van der Waals surface area contributed by atoms with Crippen molar-refractivity contribution in [3.8, 4) is 0 Å². The molecule has 0 radical (unpaired) electrons. The molecule has 0 aromatic heterocycles. The Morgan fingerprint density at radius 2 is 1.97 bits per heavy atom. The first-order valence-corrected chi connectivity index (χ1v) is 10.5. The fraction of sp³-hybridized carbons (Fsp3) is 0.333. The first-order valence-electron chi connectivity index (χ1n) is 9.70. The molecule has 2 aromatic rings. The van der Waals surface area contributed by atoms with Gasteiger partial charge in [0.15, 0.2) is 6.61 Å². The third-order valence-electron chi connectivity index (χ3n) is 4.97. The van der Waals surface area contributed by atoms with Crippen LogP contribution >= 0.6 is 23.2 Å². The van der Waals surface area contributed by atoms with Crippen LogP contribution in [0.3, 0.4) is 0 Å². The smallest absolute Gasteiger partial charge is 0.338 e. The van der Waals surface area contributed by atoms with Crippen LogP contribution in [0.15, 0.2) is 36.4 Å². The Balaban J connectivity index is 1.68. The van der Waals surface area contributed by atoms with Gasteiger partial charge in [-0.3, -0.25) is 14.9 Å². The number of hydrogen-bond acceptors (Lipinski definition) is 6. The summed E-state index contributed by atoms with van der Waals surface area (Å²) in [4.78, 5) is 37.5. The molecule has 1 amide bonds. The Hall–Kier alpha value is -2.84. The molecule has 3 rings (SSSR count). The zero-order valence-corrected chi connectivity index (χ0v) is 18.3. The second-order valence-electron chi connectivity index (χ2n) is 7.37. The van der Waals surface area contributed by atoms with Gasteiger partial charge < -0.3 is 15.0 Å². The van der Waals surface area contributed by atoms with Crippen molar-refractivity contribution in [1.29, 1.82) is 0 Å². The Kier molecular flexibility index (Phi) is 7.35. The second-order valence-corrected chi connectivity index (χ2v) is 8.19. The van der Waals surface area contributed by atoms with E-state index in [2.05, 4.69) is 12.2 Å². The molecule has 8 nitrogen and oxygen atoms in total. The van der Waals surface area contributed by atoms with Crippen LogP contribution < -0.4 is 10.2 Å². The number of ether oxygens (including phenoxy) is 1. The number of halogens is 2. The van der Waals surface area contributed by atoms with Crippen molar-refractivity contribution >= 4 is 52.1 Å². The maximum absolute atomic E-state index is 12.4. The molecule has 1 saturated heterocycles. The quantitative estimate of drug-likeness (QED) is 0.368. The number of nitro benzene ring substituents is 1. The zero-order chi connectivity index (χ0) is 22.5. The molecule has 164 valence electrons. The lowest BCUT2D eigenvalue weighted by molar-refractivity contribution is -0.384. The van der Waals surface area contributed by atoms with Gasteiger partial charge in [0.25, 0.3) is 11.6 Å². The minimum atomic E-state index is -0.845. The van der Waals surface area contributed by atoms with Gasteiger partial charge in [0.2, 0.25) is 0 Å². The number of piperidine rings is 1. The molecular formula is C21H21Cl2N3O5. The number of rotatable bonds is 6. The number of carbonyl (C=O) groups is 2. The van der Waals surface area contributed by atoms with E-state index in [1.807, 2.05) is 4.90 Å². The minimum absolute atomic E-state index is 0.0101. The van der Waals surface area contributed by atoms with E-state index in [-0.39, 0.29) is 27.0 Å². The van der Waals surface area contributed by atoms with Crippen LogP contribution in [-0.2, 0) is 9.53 Å². The predicted molar refractivity (Wildman–Crippen MR) is 119 cm³/mol. The lowest BCUT2D eigenvalue weighted by atomic mass is 9.99. The van der Waals surface area contributed by atoms with Crippen LogP contribution in [0.4, 0.5) is 17.1 Å². The van der Waals surface area contributed by atoms with Crippen molar-refractivity contribution in [1.82, 2.24) is 0 Å². The van der Waals surface area contributed by atoms with Gasteiger partial charge in [0, 0.05) is 19.2 Å². The summed E-state index contributed by atoms with van der Waals surface area (Å²) in [5.74, 6) is -1.05. The summed E-state index contributed by atoms with van der Waals surface area (Å²) >= 11 is 12.0. The number of nitrogens with one attached hydrogen (secondary N) is 1. The van der Waals surface area contributed by atoms with E-state index in [0.717, 1.165) is 25.9 Å². The van der Waals surface area contributed by atoms with E-state index >= 15 is 0 Å². The summed E-state index contributed by atoms with van der Waals surface area (Å²) < 4.78 is 5.01. The van der Waals surface area contributed by atoms with Gasteiger partial charge in [-0.15, -0.1) is 0 Å². The van der Waals surface area contributed by atoms with E-state index in [0.29, 0.717) is 11.6 Å². The predicted octanol–water partition coefficient (Wildman–Crippen LogP) is 4.93. The Morgan fingerprint density at radius 1 is 1.26 bits per heavy atom. The summed E-state index contributed by atoms with van der Waals surface area (Å²) in [5.41, 5.74) is 0.502. The normalized spacial score (nSPS) is 16.0. The Bertz CT molecular complexity index is 994. The molecule has 1 heterocycles. The number of anilines is 2. The molecular weight excluding hydrogens is 445 g/mol. The van der Waals surface area contributed by atoms with Crippen LogP contribution in [-0.4, -0.2) is 36.5 Å². The molecule has 10 heteroatoms. The number of benzene rings is 2. The average Bonchev–Trinajstić information content (AvgIpc) is 2.74. The van der Waals surface area contributed by atoms with Crippen LogP contribution in [0.5, 0.6) is 0 Å². The van der Waals surface area contributed by atoms with Crippen LogP contribution in [0, 0.1) is 16.0 Å². The first-order chi connectivity index (χ1) is 14.8. The molecule has 1 aliphatic rings. The fourth-order valence-electron chi connectivity index (χ4n) is 3.48. The highest BCUT2D eigenvalue weighted by Gasteiger charge is 2.25. The molecule has 1 N–H and O–H groups in total. The van der Waals surface area contributed by atoms with Crippen molar-refractivity contribution < 1.29 is 19.2 Å². The summed E-state index contributed by atoms with van der Waals surface area (Å²) in [6, 6.07) is 8.93. The summed E-state index contributed by atoms with van der Waals surface area (Å²) in [5, 5.41) is 14.6. The first kappa shape index (κ1) is 22.8. The zero-order valence-electron chi connectivity index (χ0n) is 16.8. The molecule has 0 spiro atoms.